The van der Waals surface area contributed by atoms with Crippen molar-refractivity contribution in [3.05, 3.63) is 59.8 Å². The van der Waals surface area contributed by atoms with Gasteiger partial charge in [0.05, 0.1) is 31.8 Å². The third-order valence-corrected chi connectivity index (χ3v) is 9.12. The van der Waals surface area contributed by atoms with E-state index in [2.05, 4.69) is 16.3 Å². The number of carbonyl (C=O) groups excluding carboxylic acids is 2. The molecule has 2 aliphatic heterocycles. The standard InChI is InChI=1S/C27H34N4O5S.CH3NO2/c1-35-21-7-9-22(10-8-21)37(33,34)30-14-11-24-23-5-2-3-6-25(23)31(26(24)19-30)20-27(32)28-12-4-13-29-15-17-36-18-16-29;3-1-2-4/h2-3,5-10H,4,11-20H2,1H3,(H,28,32);1,4H,(H,2,3). The first kappa shape index (κ1) is 30.5. The van der Waals surface area contributed by atoms with Gasteiger partial charge in [0.25, 0.3) is 0 Å². The van der Waals surface area contributed by atoms with Gasteiger partial charge in [-0.3, -0.25) is 19.7 Å². The van der Waals surface area contributed by atoms with Gasteiger partial charge in [0.15, 0.2) is 0 Å². The van der Waals surface area contributed by atoms with Crippen molar-refractivity contribution in [2.45, 2.75) is 30.8 Å². The Bertz CT molecular complexity index is 1420. The molecule has 0 atom stereocenters. The molecule has 5 rings (SSSR count). The van der Waals surface area contributed by atoms with Gasteiger partial charge in [0.1, 0.15) is 12.3 Å². The second-order valence-corrected chi connectivity index (χ2v) is 11.6. The van der Waals surface area contributed by atoms with Crippen molar-refractivity contribution in [1.82, 2.24) is 24.6 Å². The minimum Gasteiger partial charge on any atom is -0.497 e. The maximum absolute atomic E-state index is 13.4. The predicted octanol–water partition coefficient (Wildman–Crippen LogP) is 1.36. The SMILES string of the molecule is COc1ccc(S(=O)(=O)N2CCc3c(n(CC(=O)NCCCN4CCOCC4)c4ccccc34)C2)cc1.O=CNO. The average molecular weight is 588 g/mol. The summed E-state index contributed by atoms with van der Waals surface area (Å²) in [4.78, 5) is 24.3. The number of para-hydroxylation sites is 1. The smallest absolute Gasteiger partial charge is 0.243 e. The van der Waals surface area contributed by atoms with Crippen LogP contribution in [0.25, 0.3) is 10.9 Å². The van der Waals surface area contributed by atoms with Gasteiger partial charge in [-0.25, -0.2) is 13.9 Å². The largest absolute Gasteiger partial charge is 0.497 e. The lowest BCUT2D eigenvalue weighted by molar-refractivity contribution is -0.121. The van der Waals surface area contributed by atoms with E-state index in [1.165, 1.54) is 9.79 Å². The van der Waals surface area contributed by atoms with Crippen molar-refractivity contribution in [2.24, 2.45) is 0 Å². The summed E-state index contributed by atoms with van der Waals surface area (Å²) in [7, 11) is -2.14. The molecule has 2 aromatic carbocycles. The van der Waals surface area contributed by atoms with Gasteiger partial charge >= 0.3 is 0 Å². The summed E-state index contributed by atoms with van der Waals surface area (Å²) in [6, 6.07) is 14.5. The maximum atomic E-state index is 13.4. The maximum Gasteiger partial charge on any atom is 0.243 e. The normalized spacial score (nSPS) is 15.9. The van der Waals surface area contributed by atoms with Crippen molar-refractivity contribution >= 4 is 33.2 Å². The van der Waals surface area contributed by atoms with E-state index in [0.29, 0.717) is 25.3 Å². The van der Waals surface area contributed by atoms with Crippen LogP contribution in [0.1, 0.15) is 17.7 Å². The first-order valence-electron chi connectivity index (χ1n) is 13.5. The molecule has 0 aliphatic carbocycles. The Morgan fingerprint density at radius 2 is 1.80 bits per heavy atom. The monoisotopic (exact) mass is 587 g/mol. The molecule has 1 fully saturated rings. The van der Waals surface area contributed by atoms with Crippen LogP contribution in [0.4, 0.5) is 0 Å². The van der Waals surface area contributed by atoms with Crippen molar-refractivity contribution in [2.75, 3.05) is 53.0 Å². The molecule has 1 aromatic heterocycles. The average Bonchev–Trinajstić information content (AvgIpc) is 3.32. The van der Waals surface area contributed by atoms with Crippen molar-refractivity contribution in [3.63, 3.8) is 0 Å². The van der Waals surface area contributed by atoms with Gasteiger partial charge in [0, 0.05) is 42.8 Å². The molecule has 12 nitrogen and oxygen atoms in total. The molecule has 41 heavy (non-hydrogen) atoms. The number of benzene rings is 2. The Morgan fingerprint density at radius 3 is 2.49 bits per heavy atom. The number of hydrogen-bond donors (Lipinski definition) is 3. The zero-order valence-electron chi connectivity index (χ0n) is 23.1. The lowest BCUT2D eigenvalue weighted by Crippen LogP contribution is -2.39. The topological polar surface area (TPSA) is 142 Å². The number of amides is 2. The number of ether oxygens (including phenoxy) is 2. The first-order valence-corrected chi connectivity index (χ1v) is 15.0. The highest BCUT2D eigenvalue weighted by Crippen LogP contribution is 2.33. The van der Waals surface area contributed by atoms with Crippen LogP contribution >= 0.6 is 0 Å². The van der Waals surface area contributed by atoms with Gasteiger partial charge in [-0.05, 0) is 55.3 Å². The van der Waals surface area contributed by atoms with Crippen LogP contribution in [0.15, 0.2) is 53.4 Å². The van der Waals surface area contributed by atoms with Gasteiger partial charge in [0.2, 0.25) is 22.3 Å². The molecule has 3 aromatic rings. The van der Waals surface area contributed by atoms with E-state index in [9.17, 15) is 13.2 Å². The number of sulfonamides is 1. The van der Waals surface area contributed by atoms with E-state index >= 15 is 0 Å². The summed E-state index contributed by atoms with van der Waals surface area (Å²) in [5.41, 5.74) is 4.21. The molecule has 0 radical (unpaired) electrons. The highest BCUT2D eigenvalue weighted by atomic mass is 32.2. The molecular weight excluding hydrogens is 550 g/mol. The van der Waals surface area contributed by atoms with E-state index < -0.39 is 10.0 Å². The molecule has 2 amide bonds. The van der Waals surface area contributed by atoms with E-state index in [-0.39, 0.29) is 30.3 Å². The molecule has 2 aliphatic rings. The van der Waals surface area contributed by atoms with Crippen LogP contribution in [-0.4, -0.2) is 92.8 Å². The van der Waals surface area contributed by atoms with Gasteiger partial charge < -0.3 is 19.4 Å². The van der Waals surface area contributed by atoms with Crippen molar-refractivity contribution in [3.8, 4) is 5.75 Å². The minimum atomic E-state index is -3.69. The quantitative estimate of drug-likeness (QED) is 0.140. The molecule has 222 valence electrons. The van der Waals surface area contributed by atoms with Crippen LogP contribution in [0.3, 0.4) is 0 Å². The lowest BCUT2D eigenvalue weighted by Gasteiger charge is -2.28. The summed E-state index contributed by atoms with van der Waals surface area (Å²) in [5.74, 6) is 0.539. The second kappa shape index (κ2) is 14.4. The number of hydrogen-bond acceptors (Lipinski definition) is 8. The van der Waals surface area contributed by atoms with Crippen LogP contribution in [0.2, 0.25) is 0 Å². The van der Waals surface area contributed by atoms with Gasteiger partial charge in [-0.2, -0.15) is 4.31 Å². The Kier molecular flexibility index (Phi) is 10.7. The third kappa shape index (κ3) is 7.43. The van der Waals surface area contributed by atoms with Gasteiger partial charge in [-0.1, -0.05) is 18.2 Å². The second-order valence-electron chi connectivity index (χ2n) is 9.70. The van der Waals surface area contributed by atoms with Crippen LogP contribution in [0.5, 0.6) is 5.75 Å². The summed E-state index contributed by atoms with van der Waals surface area (Å²) in [5, 5.41) is 11.4. The zero-order chi connectivity index (χ0) is 29.2. The number of nitrogens with one attached hydrogen (secondary N) is 2. The molecule has 0 saturated carbocycles. The molecule has 1 saturated heterocycles. The number of rotatable bonds is 10. The Morgan fingerprint density at radius 1 is 1.10 bits per heavy atom. The van der Waals surface area contributed by atoms with Crippen LogP contribution in [0, 0.1) is 0 Å². The summed E-state index contributed by atoms with van der Waals surface area (Å²) in [6.45, 7) is 5.72. The third-order valence-electron chi connectivity index (χ3n) is 7.26. The Labute approximate surface area is 239 Å². The molecule has 0 unspecified atom stereocenters. The highest BCUT2D eigenvalue weighted by molar-refractivity contribution is 7.89. The molecule has 0 spiro atoms. The van der Waals surface area contributed by atoms with Crippen LogP contribution in [-0.2, 0) is 43.9 Å². The fourth-order valence-electron chi connectivity index (χ4n) is 5.21. The number of hydroxylamine groups is 1. The number of carbonyl (C=O) groups is 2. The number of aromatic nitrogens is 1. The lowest BCUT2D eigenvalue weighted by atomic mass is 10.0. The molecule has 13 heteroatoms. The Hall–Kier alpha value is -3.49. The van der Waals surface area contributed by atoms with Crippen molar-refractivity contribution < 1.29 is 32.7 Å². The van der Waals surface area contributed by atoms with Crippen molar-refractivity contribution in [1.29, 1.82) is 0 Å². The van der Waals surface area contributed by atoms with E-state index in [1.54, 1.807) is 31.4 Å². The summed E-state index contributed by atoms with van der Waals surface area (Å²) in [6.07, 6.45) is 1.66. The predicted molar refractivity (Wildman–Crippen MR) is 152 cm³/mol. The Balaban J connectivity index is 0.000000909. The van der Waals surface area contributed by atoms with E-state index in [1.807, 2.05) is 22.8 Å². The highest BCUT2D eigenvalue weighted by Gasteiger charge is 2.32. The summed E-state index contributed by atoms with van der Waals surface area (Å²) >= 11 is 0. The fraction of sp³-hybridized carbons (Fsp3) is 0.429. The number of nitrogens with zero attached hydrogens (tertiary/aromatic N) is 3. The number of methoxy groups -OCH3 is 1. The zero-order valence-corrected chi connectivity index (χ0v) is 23.9. The molecular formula is C28H37N5O7S. The fourth-order valence-corrected chi connectivity index (χ4v) is 6.61. The molecule has 0 bridgehead atoms. The van der Waals surface area contributed by atoms with Gasteiger partial charge in [-0.15, -0.1) is 0 Å². The molecule has 3 N–H and O–H groups in total. The first-order chi connectivity index (χ1) is 19.9. The number of morpholine rings is 1. The van der Waals surface area contributed by atoms with Crippen LogP contribution < -0.4 is 15.5 Å². The number of fused-ring (bicyclic) bond motifs is 3. The minimum absolute atomic E-state index is 0.0688. The molecule has 3 heterocycles. The van der Waals surface area contributed by atoms with E-state index in [0.717, 1.165) is 61.4 Å². The summed E-state index contributed by atoms with van der Waals surface area (Å²) < 4.78 is 40.9. The van der Waals surface area contributed by atoms with E-state index in [4.69, 9.17) is 19.5 Å².